The highest BCUT2D eigenvalue weighted by Gasteiger charge is 2.08. The third-order valence-electron chi connectivity index (χ3n) is 8.30. The van der Waals surface area contributed by atoms with Crippen molar-refractivity contribution in [1.29, 1.82) is 0 Å². The van der Waals surface area contributed by atoms with Gasteiger partial charge in [0.2, 0.25) is 0 Å². The van der Waals surface area contributed by atoms with Crippen molar-refractivity contribution in [2.75, 3.05) is 7.11 Å². The van der Waals surface area contributed by atoms with Crippen molar-refractivity contribution >= 4 is 6.29 Å². The van der Waals surface area contributed by atoms with Gasteiger partial charge in [-0.15, -0.1) is 0 Å². The molecule has 0 aromatic heterocycles. The summed E-state index contributed by atoms with van der Waals surface area (Å²) < 4.78 is 0. The van der Waals surface area contributed by atoms with Gasteiger partial charge in [0.15, 0.2) is 0 Å². The van der Waals surface area contributed by atoms with Crippen LogP contribution in [0.2, 0.25) is 0 Å². The van der Waals surface area contributed by atoms with Gasteiger partial charge in [-0.05, 0) is 24.7 Å². The number of hydrogen-bond donors (Lipinski definition) is 2. The molecule has 0 aliphatic rings. The molecule has 0 saturated carbocycles. The monoisotopic (exact) mass is 645 g/mol. The largest absolute Gasteiger partial charge is 0.400 e. The zero-order valence-corrected chi connectivity index (χ0v) is 33.4. The van der Waals surface area contributed by atoms with E-state index in [1.54, 1.807) is 0 Å². The summed E-state index contributed by atoms with van der Waals surface area (Å²) in [7, 11) is 1.00. The van der Waals surface area contributed by atoms with Crippen LogP contribution in [0.5, 0.6) is 0 Å². The van der Waals surface area contributed by atoms with Gasteiger partial charge in [0.25, 0.3) is 0 Å². The van der Waals surface area contributed by atoms with Crippen molar-refractivity contribution < 1.29 is 15.0 Å². The Hall–Kier alpha value is -0.410. The lowest BCUT2D eigenvalue weighted by Crippen LogP contribution is -2.11. The molecular formula is C42H92O3. The third kappa shape index (κ3) is 59.5. The molecule has 0 aromatic rings. The number of aldehydes is 1. The van der Waals surface area contributed by atoms with Crippen LogP contribution >= 0.6 is 0 Å². The number of hydrogen-bond acceptors (Lipinski definition) is 3. The van der Waals surface area contributed by atoms with Crippen molar-refractivity contribution in [3.05, 3.63) is 0 Å². The first-order valence-corrected chi connectivity index (χ1v) is 20.5. The van der Waals surface area contributed by atoms with Crippen LogP contribution in [0.3, 0.4) is 0 Å². The van der Waals surface area contributed by atoms with E-state index in [0.717, 1.165) is 38.6 Å². The number of aliphatic hydroxyl groups is 2. The molecule has 0 bridgehead atoms. The zero-order chi connectivity index (χ0) is 35.2. The Labute approximate surface area is 287 Å². The molecule has 0 aliphatic carbocycles. The molecule has 278 valence electrons. The SMILES string of the molecule is CC.CCC.CCCC(O)CC(C)CC=O.CCCCCCCCCCCCC(CC)CCCCCCCCCCCC.CO. The van der Waals surface area contributed by atoms with Gasteiger partial charge in [-0.1, -0.05) is 223 Å². The molecule has 0 fully saturated rings. The second kappa shape index (κ2) is 56.0. The number of aliphatic hydroxyl groups excluding tert-OH is 2. The maximum atomic E-state index is 10.1. The van der Waals surface area contributed by atoms with E-state index in [0.29, 0.717) is 12.3 Å². The van der Waals surface area contributed by atoms with Gasteiger partial charge in [0.1, 0.15) is 6.29 Å². The lowest BCUT2D eigenvalue weighted by atomic mass is 9.92. The summed E-state index contributed by atoms with van der Waals surface area (Å²) >= 11 is 0. The van der Waals surface area contributed by atoms with Crippen LogP contribution in [0, 0.1) is 11.8 Å². The van der Waals surface area contributed by atoms with Crippen molar-refractivity contribution in [1.82, 2.24) is 0 Å². The van der Waals surface area contributed by atoms with Crippen LogP contribution in [0.25, 0.3) is 0 Å². The van der Waals surface area contributed by atoms with Gasteiger partial charge in [-0.25, -0.2) is 0 Å². The Morgan fingerprint density at radius 3 is 1.09 bits per heavy atom. The summed E-state index contributed by atoms with van der Waals surface area (Å²) in [6.45, 7) is 19.3. The predicted molar refractivity (Wildman–Crippen MR) is 208 cm³/mol. The molecule has 0 aromatic carbocycles. The van der Waals surface area contributed by atoms with Gasteiger partial charge in [0.05, 0.1) is 6.10 Å². The van der Waals surface area contributed by atoms with Gasteiger partial charge in [-0.3, -0.25) is 0 Å². The lowest BCUT2D eigenvalue weighted by molar-refractivity contribution is -0.108. The second-order valence-electron chi connectivity index (χ2n) is 13.1. The Bertz CT molecular complexity index is 416. The fraction of sp³-hybridized carbons (Fsp3) is 0.976. The van der Waals surface area contributed by atoms with E-state index in [-0.39, 0.29) is 6.10 Å². The minimum atomic E-state index is -0.213. The highest BCUT2D eigenvalue weighted by atomic mass is 16.3. The summed E-state index contributed by atoms with van der Waals surface area (Å²) in [6, 6.07) is 0. The van der Waals surface area contributed by atoms with Crippen LogP contribution in [0.4, 0.5) is 0 Å². The average Bonchev–Trinajstić information content (AvgIpc) is 3.04. The van der Waals surface area contributed by atoms with Gasteiger partial charge in [-0.2, -0.15) is 0 Å². The Kier molecular flexibility index (Phi) is 67.2. The molecule has 2 unspecified atom stereocenters. The molecule has 0 heterocycles. The maximum Gasteiger partial charge on any atom is 0.120 e. The molecule has 2 atom stereocenters. The fourth-order valence-electron chi connectivity index (χ4n) is 5.57. The topological polar surface area (TPSA) is 57.5 Å². The fourth-order valence-corrected chi connectivity index (χ4v) is 5.57. The van der Waals surface area contributed by atoms with Crippen LogP contribution < -0.4 is 0 Å². The zero-order valence-electron chi connectivity index (χ0n) is 33.4. The first-order chi connectivity index (χ1) is 22.0. The van der Waals surface area contributed by atoms with Gasteiger partial charge in [0, 0.05) is 13.5 Å². The highest BCUT2D eigenvalue weighted by molar-refractivity contribution is 5.49. The number of unbranched alkanes of at least 4 members (excludes halogenated alkanes) is 18. The second-order valence-corrected chi connectivity index (χ2v) is 13.1. The smallest absolute Gasteiger partial charge is 0.120 e. The molecule has 0 rings (SSSR count). The van der Waals surface area contributed by atoms with Crippen LogP contribution in [-0.2, 0) is 4.79 Å². The molecule has 2 N–H and O–H groups in total. The van der Waals surface area contributed by atoms with E-state index in [4.69, 9.17) is 5.11 Å². The highest BCUT2D eigenvalue weighted by Crippen LogP contribution is 2.22. The van der Waals surface area contributed by atoms with E-state index in [2.05, 4.69) is 34.6 Å². The third-order valence-corrected chi connectivity index (χ3v) is 8.30. The first-order valence-electron chi connectivity index (χ1n) is 20.5. The van der Waals surface area contributed by atoms with E-state index in [1.807, 2.05) is 27.7 Å². The maximum absolute atomic E-state index is 10.1. The van der Waals surface area contributed by atoms with Gasteiger partial charge < -0.3 is 15.0 Å². The number of carbonyl (C=O) groups excluding carboxylic acids is 1. The van der Waals surface area contributed by atoms with Crippen molar-refractivity contribution in [2.24, 2.45) is 11.8 Å². The van der Waals surface area contributed by atoms with Crippen molar-refractivity contribution in [2.45, 2.75) is 248 Å². The van der Waals surface area contributed by atoms with Crippen molar-refractivity contribution in [3.63, 3.8) is 0 Å². The van der Waals surface area contributed by atoms with E-state index in [9.17, 15) is 9.90 Å². The molecular weight excluding hydrogens is 552 g/mol. The summed E-state index contributed by atoms with van der Waals surface area (Å²) in [5.74, 6) is 1.35. The normalized spacial score (nSPS) is 11.5. The summed E-state index contributed by atoms with van der Waals surface area (Å²) in [6.07, 6.45) is 38.9. The van der Waals surface area contributed by atoms with Crippen molar-refractivity contribution in [3.8, 4) is 0 Å². The lowest BCUT2D eigenvalue weighted by Gasteiger charge is -2.14. The summed E-state index contributed by atoms with van der Waals surface area (Å²) in [5.41, 5.74) is 0. The molecule has 3 heteroatoms. The van der Waals surface area contributed by atoms with Crippen LogP contribution in [-0.4, -0.2) is 29.7 Å². The van der Waals surface area contributed by atoms with E-state index in [1.165, 1.54) is 154 Å². The summed E-state index contributed by atoms with van der Waals surface area (Å²) in [5, 5.41) is 16.3. The Balaban J connectivity index is -0.000000244. The average molecular weight is 645 g/mol. The molecule has 0 aliphatic heterocycles. The first kappa shape index (κ1) is 54.1. The standard InChI is InChI=1S/C27H56.C9H18O2.C3H8.C2H6.CH4O/c1-4-7-9-11-13-15-17-19-21-23-25-27(6-3)26-24-22-20-18-16-14-12-10-8-5-2;1-3-4-9(11)7-8(2)5-6-10;1-3-2;2*1-2/h27H,4-26H2,1-3H3;6,8-9,11H,3-5,7H2,1-2H3;3H2,1-2H3;1-2H3;2H,1H3. The Morgan fingerprint density at radius 2 is 0.822 bits per heavy atom. The number of carbonyl (C=O) groups is 1. The van der Waals surface area contributed by atoms with E-state index >= 15 is 0 Å². The predicted octanol–water partition coefficient (Wildman–Crippen LogP) is 14.4. The van der Waals surface area contributed by atoms with E-state index < -0.39 is 0 Å². The molecule has 3 nitrogen and oxygen atoms in total. The Morgan fingerprint density at radius 1 is 0.511 bits per heavy atom. The molecule has 45 heavy (non-hydrogen) atoms. The van der Waals surface area contributed by atoms with Gasteiger partial charge >= 0.3 is 0 Å². The molecule has 0 amide bonds. The minimum absolute atomic E-state index is 0.213. The quantitative estimate of drug-likeness (QED) is 0.0629. The number of rotatable bonds is 29. The molecule has 0 spiro atoms. The molecule has 0 saturated heterocycles. The minimum Gasteiger partial charge on any atom is -0.400 e. The summed E-state index contributed by atoms with van der Waals surface area (Å²) in [4.78, 5) is 10.1. The van der Waals surface area contributed by atoms with Crippen LogP contribution in [0.1, 0.15) is 242 Å². The molecule has 0 radical (unpaired) electrons. The van der Waals surface area contributed by atoms with Crippen LogP contribution in [0.15, 0.2) is 0 Å².